The summed E-state index contributed by atoms with van der Waals surface area (Å²) in [6, 6.07) is 7.41. The molecule has 0 saturated carbocycles. The highest BCUT2D eigenvalue weighted by molar-refractivity contribution is 5.94. The number of nitrogens with zero attached hydrogens (tertiary/aromatic N) is 1. The predicted molar refractivity (Wildman–Crippen MR) is 103 cm³/mol. The van der Waals surface area contributed by atoms with Gasteiger partial charge < -0.3 is 19.7 Å². The van der Waals surface area contributed by atoms with Crippen LogP contribution in [-0.4, -0.2) is 56.3 Å². The van der Waals surface area contributed by atoms with Crippen LogP contribution in [0.15, 0.2) is 24.3 Å². The average Bonchev–Trinajstić information content (AvgIpc) is 3.19. The van der Waals surface area contributed by atoms with E-state index in [0.717, 1.165) is 44.1 Å². The molecular formula is C21H32N2O3. The van der Waals surface area contributed by atoms with E-state index in [-0.39, 0.29) is 12.0 Å². The second-order valence-electron chi connectivity index (χ2n) is 7.61. The van der Waals surface area contributed by atoms with Crippen molar-refractivity contribution in [2.75, 3.05) is 39.4 Å². The summed E-state index contributed by atoms with van der Waals surface area (Å²) in [6.45, 7) is 7.88. The molecule has 1 unspecified atom stereocenters. The number of likely N-dealkylation sites (tertiary alicyclic amines) is 1. The van der Waals surface area contributed by atoms with Gasteiger partial charge in [-0.1, -0.05) is 13.0 Å². The molecule has 0 bridgehead atoms. The fraction of sp³-hybridized carbons (Fsp3) is 0.667. The third-order valence-corrected chi connectivity index (χ3v) is 5.37. The Labute approximate surface area is 157 Å². The second kappa shape index (κ2) is 9.93. The van der Waals surface area contributed by atoms with Crippen molar-refractivity contribution in [3.05, 3.63) is 29.8 Å². The van der Waals surface area contributed by atoms with Gasteiger partial charge in [0.25, 0.3) is 5.91 Å². The Morgan fingerprint density at radius 2 is 2.15 bits per heavy atom. The number of hydrogen-bond donors (Lipinski definition) is 1. The predicted octanol–water partition coefficient (Wildman–Crippen LogP) is 3.10. The summed E-state index contributed by atoms with van der Waals surface area (Å²) in [4.78, 5) is 14.9. The van der Waals surface area contributed by atoms with Gasteiger partial charge in [-0.3, -0.25) is 4.79 Å². The number of piperidine rings is 1. The van der Waals surface area contributed by atoms with Crippen molar-refractivity contribution in [1.29, 1.82) is 0 Å². The van der Waals surface area contributed by atoms with Crippen molar-refractivity contribution in [2.45, 2.75) is 45.1 Å². The molecule has 1 aromatic rings. The first-order valence-electron chi connectivity index (χ1n) is 10.1. The maximum atomic E-state index is 12.3. The Morgan fingerprint density at radius 1 is 1.31 bits per heavy atom. The van der Waals surface area contributed by atoms with Crippen molar-refractivity contribution < 1.29 is 14.3 Å². The van der Waals surface area contributed by atoms with Gasteiger partial charge >= 0.3 is 0 Å². The van der Waals surface area contributed by atoms with E-state index >= 15 is 0 Å². The van der Waals surface area contributed by atoms with Crippen molar-refractivity contribution >= 4 is 5.91 Å². The summed E-state index contributed by atoms with van der Waals surface area (Å²) < 4.78 is 11.3. The van der Waals surface area contributed by atoms with Crippen LogP contribution >= 0.6 is 0 Å². The normalized spacial score (nSPS) is 21.7. The summed E-state index contributed by atoms with van der Waals surface area (Å²) in [5.74, 6) is 1.57. The molecule has 1 aromatic carbocycles. The molecule has 3 rings (SSSR count). The van der Waals surface area contributed by atoms with Gasteiger partial charge in [0, 0.05) is 18.7 Å². The molecule has 1 atom stereocenters. The summed E-state index contributed by atoms with van der Waals surface area (Å²) >= 11 is 0. The van der Waals surface area contributed by atoms with E-state index in [1.807, 2.05) is 24.3 Å². The van der Waals surface area contributed by atoms with Gasteiger partial charge in [-0.05, 0) is 75.9 Å². The highest BCUT2D eigenvalue weighted by atomic mass is 16.5. The molecule has 144 valence electrons. The molecule has 2 aliphatic heterocycles. The lowest BCUT2D eigenvalue weighted by molar-refractivity contribution is 0.0679. The molecular weight excluding hydrogens is 328 g/mol. The van der Waals surface area contributed by atoms with Gasteiger partial charge in [-0.15, -0.1) is 0 Å². The van der Waals surface area contributed by atoms with E-state index in [1.54, 1.807) is 0 Å². The van der Waals surface area contributed by atoms with Gasteiger partial charge in [0.15, 0.2) is 0 Å². The van der Waals surface area contributed by atoms with E-state index in [4.69, 9.17) is 9.47 Å². The molecule has 2 heterocycles. The van der Waals surface area contributed by atoms with Crippen molar-refractivity contribution in [3.63, 3.8) is 0 Å². The van der Waals surface area contributed by atoms with Crippen molar-refractivity contribution in [1.82, 2.24) is 10.2 Å². The van der Waals surface area contributed by atoms with Gasteiger partial charge in [0.05, 0.1) is 6.10 Å². The summed E-state index contributed by atoms with van der Waals surface area (Å²) in [6.07, 6.45) is 5.93. The molecule has 1 amide bonds. The van der Waals surface area contributed by atoms with E-state index in [9.17, 15) is 4.79 Å². The zero-order chi connectivity index (χ0) is 18.2. The minimum Gasteiger partial charge on any atom is -0.491 e. The standard InChI is InChI=1S/C21H32N2O3/c1-17-8-12-23(13-9-17)11-4-10-22-21(24)18-5-2-6-19(15-18)26-16-20-7-3-14-25-20/h2,5-6,15,17,20H,3-4,7-14,16H2,1H3,(H,22,24). The Morgan fingerprint density at radius 3 is 2.92 bits per heavy atom. The summed E-state index contributed by atoms with van der Waals surface area (Å²) in [5.41, 5.74) is 0.654. The molecule has 1 N–H and O–H groups in total. The van der Waals surface area contributed by atoms with Crippen LogP contribution in [0.5, 0.6) is 5.75 Å². The topological polar surface area (TPSA) is 50.8 Å². The van der Waals surface area contributed by atoms with E-state index in [2.05, 4.69) is 17.1 Å². The number of hydrogen-bond acceptors (Lipinski definition) is 4. The van der Waals surface area contributed by atoms with E-state index in [0.29, 0.717) is 18.7 Å². The van der Waals surface area contributed by atoms with Crippen LogP contribution in [0.3, 0.4) is 0 Å². The van der Waals surface area contributed by atoms with Gasteiger partial charge in [0.1, 0.15) is 12.4 Å². The van der Waals surface area contributed by atoms with Crippen LogP contribution in [0.25, 0.3) is 0 Å². The van der Waals surface area contributed by atoms with Gasteiger partial charge in [-0.25, -0.2) is 0 Å². The minimum absolute atomic E-state index is 0.0279. The Hall–Kier alpha value is -1.59. The molecule has 0 spiro atoms. The Balaban J connectivity index is 1.36. The number of amides is 1. The SMILES string of the molecule is CC1CCN(CCCNC(=O)c2cccc(OCC3CCCO3)c2)CC1. The first kappa shape index (κ1) is 19.2. The largest absolute Gasteiger partial charge is 0.491 e. The number of carbonyl (C=O) groups excluding carboxylic acids is 1. The molecule has 5 nitrogen and oxygen atoms in total. The quantitative estimate of drug-likeness (QED) is 0.724. The number of carbonyl (C=O) groups is 1. The summed E-state index contributed by atoms with van der Waals surface area (Å²) in [7, 11) is 0. The lowest BCUT2D eigenvalue weighted by Gasteiger charge is -2.30. The molecule has 2 aliphatic rings. The van der Waals surface area contributed by atoms with Gasteiger partial charge in [-0.2, -0.15) is 0 Å². The third-order valence-electron chi connectivity index (χ3n) is 5.37. The molecule has 2 saturated heterocycles. The lowest BCUT2D eigenvalue weighted by atomic mass is 9.99. The van der Waals surface area contributed by atoms with Crippen LogP contribution < -0.4 is 10.1 Å². The fourth-order valence-electron chi connectivity index (χ4n) is 3.58. The molecule has 26 heavy (non-hydrogen) atoms. The van der Waals surface area contributed by atoms with Crippen LogP contribution in [0.1, 0.15) is 49.4 Å². The average molecular weight is 360 g/mol. The van der Waals surface area contributed by atoms with Crippen LogP contribution in [-0.2, 0) is 4.74 Å². The zero-order valence-electron chi connectivity index (χ0n) is 15.9. The zero-order valence-corrected chi connectivity index (χ0v) is 15.9. The monoisotopic (exact) mass is 360 g/mol. The minimum atomic E-state index is -0.0279. The number of rotatable bonds is 8. The van der Waals surface area contributed by atoms with Crippen LogP contribution in [0.2, 0.25) is 0 Å². The number of benzene rings is 1. The summed E-state index contributed by atoms with van der Waals surface area (Å²) in [5, 5.41) is 3.03. The number of ether oxygens (including phenoxy) is 2. The van der Waals surface area contributed by atoms with E-state index < -0.39 is 0 Å². The Bertz CT molecular complexity index is 564. The van der Waals surface area contributed by atoms with Crippen LogP contribution in [0.4, 0.5) is 0 Å². The first-order valence-corrected chi connectivity index (χ1v) is 10.1. The smallest absolute Gasteiger partial charge is 0.251 e. The highest BCUT2D eigenvalue weighted by Crippen LogP contribution is 2.18. The van der Waals surface area contributed by atoms with E-state index in [1.165, 1.54) is 25.9 Å². The van der Waals surface area contributed by atoms with Crippen molar-refractivity contribution in [3.8, 4) is 5.75 Å². The fourth-order valence-corrected chi connectivity index (χ4v) is 3.58. The molecule has 0 aliphatic carbocycles. The maximum Gasteiger partial charge on any atom is 0.251 e. The maximum absolute atomic E-state index is 12.3. The highest BCUT2D eigenvalue weighted by Gasteiger charge is 2.17. The first-order chi connectivity index (χ1) is 12.7. The molecule has 5 heteroatoms. The number of nitrogens with one attached hydrogen (secondary N) is 1. The van der Waals surface area contributed by atoms with Crippen molar-refractivity contribution in [2.24, 2.45) is 5.92 Å². The second-order valence-corrected chi connectivity index (χ2v) is 7.61. The lowest BCUT2D eigenvalue weighted by Crippen LogP contribution is -2.35. The molecule has 2 fully saturated rings. The molecule has 0 radical (unpaired) electrons. The molecule has 0 aromatic heterocycles. The van der Waals surface area contributed by atoms with Crippen LogP contribution in [0, 0.1) is 5.92 Å². The third kappa shape index (κ3) is 5.99. The Kier molecular flexibility index (Phi) is 7.32. The van der Waals surface area contributed by atoms with Gasteiger partial charge in [0.2, 0.25) is 0 Å².